The number of rotatable bonds is 4. The van der Waals surface area contributed by atoms with Gasteiger partial charge in [-0.1, -0.05) is 23.7 Å². The molecule has 2 aromatic carbocycles. The quantitative estimate of drug-likeness (QED) is 0.569. The Balaban J connectivity index is 1.63. The molecule has 0 bridgehead atoms. The van der Waals surface area contributed by atoms with E-state index in [1.165, 1.54) is 12.3 Å². The molecule has 0 atom stereocenters. The summed E-state index contributed by atoms with van der Waals surface area (Å²) in [4.78, 5) is 24.3. The molecule has 8 heteroatoms. The van der Waals surface area contributed by atoms with Crippen LogP contribution in [0.2, 0.25) is 5.02 Å². The predicted octanol–water partition coefficient (Wildman–Crippen LogP) is 4.31. The minimum absolute atomic E-state index is 0.0869. The van der Waals surface area contributed by atoms with Crippen LogP contribution in [0, 0.1) is 0 Å². The van der Waals surface area contributed by atoms with Crippen molar-refractivity contribution in [1.82, 2.24) is 5.32 Å². The summed E-state index contributed by atoms with van der Waals surface area (Å²) in [7, 11) is 0. The first-order chi connectivity index (χ1) is 13.0. The Morgan fingerprint density at radius 1 is 0.889 bits per heavy atom. The average Bonchev–Trinajstić information content (AvgIpc) is 3.16. The van der Waals surface area contributed by atoms with Crippen LogP contribution in [0.5, 0.6) is 0 Å². The van der Waals surface area contributed by atoms with Crippen molar-refractivity contribution in [3.8, 4) is 0 Å². The number of thiocarbonyl (C=S) groups is 1. The molecule has 0 radical (unpaired) electrons. The Morgan fingerprint density at radius 3 is 2.33 bits per heavy atom. The van der Waals surface area contributed by atoms with Gasteiger partial charge in [-0.05, 0) is 60.7 Å². The monoisotopic (exact) mass is 399 g/mol. The van der Waals surface area contributed by atoms with Crippen LogP contribution in [0.1, 0.15) is 20.9 Å². The van der Waals surface area contributed by atoms with Crippen molar-refractivity contribution in [3.05, 3.63) is 83.3 Å². The number of benzene rings is 2. The van der Waals surface area contributed by atoms with Crippen molar-refractivity contribution in [2.24, 2.45) is 0 Å². The normalized spacial score (nSPS) is 10.1. The molecule has 3 N–H and O–H groups in total. The van der Waals surface area contributed by atoms with Gasteiger partial charge in [-0.3, -0.25) is 14.9 Å². The highest BCUT2D eigenvalue weighted by molar-refractivity contribution is 7.80. The highest BCUT2D eigenvalue weighted by atomic mass is 35.5. The summed E-state index contributed by atoms with van der Waals surface area (Å²) in [6.07, 6.45) is 1.40. The maximum atomic E-state index is 12.4. The third-order valence-corrected chi connectivity index (χ3v) is 3.88. The summed E-state index contributed by atoms with van der Waals surface area (Å²) in [5.41, 5.74) is 1.56. The maximum Gasteiger partial charge on any atom is 0.293 e. The van der Waals surface area contributed by atoms with Crippen molar-refractivity contribution in [2.45, 2.75) is 0 Å². The van der Waals surface area contributed by atoms with Gasteiger partial charge in [0.25, 0.3) is 11.8 Å². The van der Waals surface area contributed by atoms with Gasteiger partial charge in [-0.2, -0.15) is 0 Å². The number of hydrogen-bond donors (Lipinski definition) is 3. The van der Waals surface area contributed by atoms with Crippen molar-refractivity contribution in [2.75, 3.05) is 10.6 Å². The average molecular weight is 400 g/mol. The van der Waals surface area contributed by atoms with Crippen LogP contribution < -0.4 is 16.0 Å². The Morgan fingerprint density at radius 2 is 1.63 bits per heavy atom. The highest BCUT2D eigenvalue weighted by Gasteiger charge is 2.11. The van der Waals surface area contributed by atoms with Crippen LogP contribution in [0.3, 0.4) is 0 Å². The second-order valence-electron chi connectivity index (χ2n) is 5.43. The summed E-state index contributed by atoms with van der Waals surface area (Å²) in [5.74, 6) is -0.618. The van der Waals surface area contributed by atoms with Gasteiger partial charge in [0.15, 0.2) is 10.9 Å². The molecule has 6 nitrogen and oxygen atoms in total. The van der Waals surface area contributed by atoms with Gasteiger partial charge >= 0.3 is 0 Å². The molecule has 27 heavy (non-hydrogen) atoms. The predicted molar refractivity (Wildman–Crippen MR) is 108 cm³/mol. The Labute approximate surface area is 165 Å². The fraction of sp³-hybridized carbons (Fsp3) is 0. The van der Waals surface area contributed by atoms with Crippen LogP contribution in [0.25, 0.3) is 0 Å². The molecule has 0 saturated carbocycles. The number of amides is 2. The van der Waals surface area contributed by atoms with Gasteiger partial charge in [0, 0.05) is 22.0 Å². The van der Waals surface area contributed by atoms with E-state index in [1.54, 1.807) is 54.6 Å². The lowest BCUT2D eigenvalue weighted by Gasteiger charge is -2.10. The van der Waals surface area contributed by atoms with E-state index >= 15 is 0 Å². The van der Waals surface area contributed by atoms with E-state index in [2.05, 4.69) is 16.0 Å². The molecular formula is C19H14ClN3O3S. The summed E-state index contributed by atoms with van der Waals surface area (Å²) in [6, 6.07) is 16.7. The molecule has 0 aliphatic carbocycles. The number of hydrogen-bond acceptors (Lipinski definition) is 4. The molecule has 3 rings (SSSR count). The molecule has 1 aromatic heterocycles. The molecule has 2 amide bonds. The minimum Gasteiger partial charge on any atom is -0.459 e. The van der Waals surface area contributed by atoms with Crippen LogP contribution in [-0.4, -0.2) is 16.9 Å². The summed E-state index contributed by atoms with van der Waals surface area (Å²) >= 11 is 11.0. The first kappa shape index (κ1) is 18.6. The largest absolute Gasteiger partial charge is 0.459 e. The van der Waals surface area contributed by atoms with Gasteiger partial charge in [0.05, 0.1) is 6.26 Å². The summed E-state index contributed by atoms with van der Waals surface area (Å²) in [5, 5.41) is 8.74. The molecule has 0 spiro atoms. The zero-order chi connectivity index (χ0) is 19.2. The molecule has 0 unspecified atom stereocenters. The molecule has 3 aromatic rings. The maximum absolute atomic E-state index is 12.4. The van der Waals surface area contributed by atoms with Crippen LogP contribution >= 0.6 is 23.8 Å². The van der Waals surface area contributed by atoms with E-state index in [1.807, 2.05) is 0 Å². The van der Waals surface area contributed by atoms with Gasteiger partial charge in [-0.25, -0.2) is 0 Å². The number of anilines is 2. The minimum atomic E-state index is -0.465. The second kappa shape index (κ2) is 8.48. The van der Waals surface area contributed by atoms with E-state index in [4.69, 9.17) is 28.2 Å². The Hall–Kier alpha value is -3.16. The lowest BCUT2D eigenvalue weighted by Crippen LogP contribution is -2.33. The number of carbonyl (C=O) groups excluding carboxylic acids is 2. The molecule has 0 saturated heterocycles. The molecular weight excluding hydrogens is 386 g/mol. The van der Waals surface area contributed by atoms with Crippen molar-refractivity contribution < 1.29 is 14.0 Å². The zero-order valence-corrected chi connectivity index (χ0v) is 15.4. The van der Waals surface area contributed by atoms with Gasteiger partial charge in [0.1, 0.15) is 0 Å². The van der Waals surface area contributed by atoms with Gasteiger partial charge in [-0.15, -0.1) is 0 Å². The van der Waals surface area contributed by atoms with E-state index in [9.17, 15) is 9.59 Å². The molecule has 0 fully saturated rings. The SMILES string of the molecule is O=C(Nc1cccc(Cl)c1)c1cccc(NC(=S)NC(=O)c2ccco2)c1. The number of nitrogens with one attached hydrogen (secondary N) is 3. The highest BCUT2D eigenvalue weighted by Crippen LogP contribution is 2.17. The standard InChI is InChI=1S/C19H14ClN3O3S/c20-13-5-2-7-15(11-13)21-17(24)12-4-1-6-14(10-12)22-19(27)23-18(25)16-8-3-9-26-16/h1-11H,(H,21,24)(H2,22,23,25,27). The topological polar surface area (TPSA) is 83.4 Å². The van der Waals surface area contributed by atoms with E-state index in [0.29, 0.717) is 22.0 Å². The first-order valence-corrected chi connectivity index (χ1v) is 8.63. The first-order valence-electron chi connectivity index (χ1n) is 7.84. The third-order valence-electron chi connectivity index (χ3n) is 3.44. The molecule has 1 heterocycles. The number of carbonyl (C=O) groups is 2. The molecule has 0 aliphatic heterocycles. The zero-order valence-electron chi connectivity index (χ0n) is 13.9. The van der Waals surface area contributed by atoms with Crippen LogP contribution in [0.15, 0.2) is 71.3 Å². The van der Waals surface area contributed by atoms with Crippen molar-refractivity contribution in [3.63, 3.8) is 0 Å². The lowest BCUT2D eigenvalue weighted by atomic mass is 10.2. The molecule has 0 aliphatic rings. The van der Waals surface area contributed by atoms with Crippen LogP contribution in [-0.2, 0) is 0 Å². The Kier molecular flexibility index (Phi) is 5.85. The molecule has 136 valence electrons. The van der Waals surface area contributed by atoms with Crippen LogP contribution in [0.4, 0.5) is 11.4 Å². The fourth-order valence-electron chi connectivity index (χ4n) is 2.24. The summed E-state index contributed by atoms with van der Waals surface area (Å²) < 4.78 is 5.00. The smallest absolute Gasteiger partial charge is 0.293 e. The van der Waals surface area contributed by atoms with Gasteiger partial charge in [0.2, 0.25) is 0 Å². The second-order valence-corrected chi connectivity index (χ2v) is 6.28. The van der Waals surface area contributed by atoms with Crippen molar-refractivity contribution in [1.29, 1.82) is 0 Å². The summed E-state index contributed by atoms with van der Waals surface area (Å²) in [6.45, 7) is 0. The van der Waals surface area contributed by atoms with E-state index < -0.39 is 5.91 Å². The number of furan rings is 1. The van der Waals surface area contributed by atoms with E-state index in [0.717, 1.165) is 0 Å². The van der Waals surface area contributed by atoms with Crippen molar-refractivity contribution >= 4 is 52.1 Å². The third kappa shape index (κ3) is 5.16. The number of halogens is 1. The fourth-order valence-corrected chi connectivity index (χ4v) is 2.64. The van der Waals surface area contributed by atoms with E-state index in [-0.39, 0.29) is 16.8 Å². The van der Waals surface area contributed by atoms with Gasteiger partial charge < -0.3 is 15.1 Å². The lowest BCUT2D eigenvalue weighted by molar-refractivity contribution is 0.0950. The Bertz CT molecular complexity index is 989.